The molecule has 0 heterocycles. The van der Waals surface area contributed by atoms with Crippen LogP contribution in [0.2, 0.25) is 0 Å². The Kier molecular flexibility index (Phi) is 4.52. The molecular weight excluding hydrogens is 206 g/mol. The molecule has 1 nitrogen and oxygen atoms in total. The average Bonchev–Trinajstić information content (AvgIpc) is 2.29. The molecule has 2 aliphatic rings. The summed E-state index contributed by atoms with van der Waals surface area (Å²) in [6.45, 7) is 7.24. The number of rotatable bonds is 2. The van der Waals surface area contributed by atoms with Gasteiger partial charge in [0, 0.05) is 6.04 Å². The molecule has 2 rings (SSSR count). The van der Waals surface area contributed by atoms with Crippen molar-refractivity contribution < 1.29 is 0 Å². The molecule has 0 bridgehead atoms. The summed E-state index contributed by atoms with van der Waals surface area (Å²) in [6, 6.07) is 0.483. The molecule has 2 fully saturated rings. The van der Waals surface area contributed by atoms with Gasteiger partial charge in [0.1, 0.15) is 0 Å². The van der Waals surface area contributed by atoms with Gasteiger partial charge in [-0.2, -0.15) is 0 Å². The van der Waals surface area contributed by atoms with Crippen molar-refractivity contribution >= 4 is 0 Å². The van der Waals surface area contributed by atoms with Crippen molar-refractivity contribution in [1.82, 2.24) is 0 Å². The van der Waals surface area contributed by atoms with Crippen LogP contribution in [0.5, 0.6) is 0 Å². The van der Waals surface area contributed by atoms with Gasteiger partial charge in [-0.1, -0.05) is 33.6 Å². The smallest absolute Gasteiger partial charge is 0.00647 e. The third kappa shape index (κ3) is 3.47. The fraction of sp³-hybridized carbons (Fsp3) is 1.00. The first-order valence-corrected chi connectivity index (χ1v) is 7.81. The minimum absolute atomic E-state index is 0.483. The minimum Gasteiger partial charge on any atom is -0.327 e. The van der Waals surface area contributed by atoms with Gasteiger partial charge in [-0.3, -0.25) is 0 Å². The Morgan fingerprint density at radius 3 is 1.94 bits per heavy atom. The highest BCUT2D eigenvalue weighted by molar-refractivity contribution is 4.83. The van der Waals surface area contributed by atoms with E-state index in [2.05, 4.69) is 20.8 Å². The van der Waals surface area contributed by atoms with Crippen LogP contribution in [0, 0.1) is 29.6 Å². The molecule has 0 aromatic heterocycles. The van der Waals surface area contributed by atoms with E-state index in [4.69, 9.17) is 5.73 Å². The summed E-state index contributed by atoms with van der Waals surface area (Å²) in [5.74, 6) is 4.68. The topological polar surface area (TPSA) is 26.0 Å². The van der Waals surface area contributed by atoms with Crippen LogP contribution < -0.4 is 5.73 Å². The highest BCUT2D eigenvalue weighted by atomic mass is 14.7. The normalized spacial score (nSPS) is 48.0. The maximum Gasteiger partial charge on any atom is 0.00647 e. The molecule has 2 N–H and O–H groups in total. The van der Waals surface area contributed by atoms with Gasteiger partial charge in [0.2, 0.25) is 0 Å². The van der Waals surface area contributed by atoms with Gasteiger partial charge in [0.05, 0.1) is 0 Å². The van der Waals surface area contributed by atoms with Gasteiger partial charge in [-0.05, 0) is 61.7 Å². The van der Waals surface area contributed by atoms with Crippen molar-refractivity contribution in [2.75, 3.05) is 0 Å². The van der Waals surface area contributed by atoms with Gasteiger partial charge >= 0.3 is 0 Å². The van der Waals surface area contributed by atoms with E-state index < -0.39 is 0 Å². The van der Waals surface area contributed by atoms with E-state index in [0.717, 1.165) is 29.6 Å². The predicted molar refractivity (Wildman–Crippen MR) is 74.8 cm³/mol. The van der Waals surface area contributed by atoms with Gasteiger partial charge in [0.15, 0.2) is 0 Å². The van der Waals surface area contributed by atoms with Crippen LogP contribution in [0.1, 0.15) is 65.7 Å². The van der Waals surface area contributed by atoms with Crippen molar-refractivity contribution in [3.05, 3.63) is 0 Å². The largest absolute Gasteiger partial charge is 0.327 e. The van der Waals surface area contributed by atoms with Gasteiger partial charge in [0.25, 0.3) is 0 Å². The molecule has 0 radical (unpaired) electrons. The Hall–Kier alpha value is -0.0400. The van der Waals surface area contributed by atoms with Crippen molar-refractivity contribution in [2.45, 2.75) is 71.8 Å². The summed E-state index contributed by atoms with van der Waals surface area (Å²) in [4.78, 5) is 0. The van der Waals surface area contributed by atoms with Crippen LogP contribution in [0.3, 0.4) is 0 Å². The maximum absolute atomic E-state index is 6.11. The number of hydrogen-bond donors (Lipinski definition) is 1. The lowest BCUT2D eigenvalue weighted by Crippen LogP contribution is -2.35. The van der Waals surface area contributed by atoms with Crippen LogP contribution in [-0.4, -0.2) is 6.04 Å². The fourth-order valence-corrected chi connectivity index (χ4v) is 4.09. The van der Waals surface area contributed by atoms with E-state index in [1.807, 2.05) is 0 Å². The third-order valence-corrected chi connectivity index (χ3v) is 5.72. The standard InChI is InChI=1S/C16H31N/c1-11-4-5-14(8-12(11)2)10-15-6-7-16(17)13(3)9-15/h11-16H,4-10,17H2,1-3H3. The fourth-order valence-electron chi connectivity index (χ4n) is 4.09. The van der Waals surface area contributed by atoms with Crippen LogP contribution in [0.25, 0.3) is 0 Å². The second-order valence-electron chi connectivity index (χ2n) is 7.19. The first-order valence-electron chi connectivity index (χ1n) is 7.81. The molecule has 6 unspecified atom stereocenters. The van der Waals surface area contributed by atoms with Gasteiger partial charge < -0.3 is 5.73 Å². The molecule has 0 aromatic rings. The van der Waals surface area contributed by atoms with E-state index in [9.17, 15) is 0 Å². The SMILES string of the molecule is CC1CCC(CC2CCC(N)C(C)C2)CC1C. The third-order valence-electron chi connectivity index (χ3n) is 5.72. The second-order valence-corrected chi connectivity index (χ2v) is 7.19. The highest BCUT2D eigenvalue weighted by Gasteiger charge is 2.30. The Morgan fingerprint density at radius 2 is 1.35 bits per heavy atom. The van der Waals surface area contributed by atoms with Crippen molar-refractivity contribution in [3.63, 3.8) is 0 Å². The molecule has 2 saturated carbocycles. The lowest BCUT2D eigenvalue weighted by molar-refractivity contribution is 0.152. The number of nitrogens with two attached hydrogens (primary N) is 1. The van der Waals surface area contributed by atoms with E-state index >= 15 is 0 Å². The summed E-state index contributed by atoms with van der Waals surface area (Å²) in [5, 5.41) is 0. The van der Waals surface area contributed by atoms with E-state index in [1.54, 1.807) is 0 Å². The van der Waals surface area contributed by atoms with E-state index in [1.165, 1.54) is 44.9 Å². The second kappa shape index (κ2) is 5.73. The zero-order valence-corrected chi connectivity index (χ0v) is 12.0. The summed E-state index contributed by atoms with van der Waals surface area (Å²) in [7, 11) is 0. The highest BCUT2D eigenvalue weighted by Crippen LogP contribution is 2.40. The molecule has 1 heteroatoms. The van der Waals surface area contributed by atoms with Crippen LogP contribution in [0.4, 0.5) is 0 Å². The van der Waals surface area contributed by atoms with Crippen LogP contribution in [-0.2, 0) is 0 Å². The van der Waals surface area contributed by atoms with E-state index in [0.29, 0.717) is 6.04 Å². The number of hydrogen-bond acceptors (Lipinski definition) is 1. The molecule has 0 spiro atoms. The minimum atomic E-state index is 0.483. The first kappa shape index (κ1) is 13.4. The molecule has 2 aliphatic carbocycles. The molecule has 0 amide bonds. The lowest BCUT2D eigenvalue weighted by Gasteiger charge is -2.37. The Balaban J connectivity index is 1.78. The van der Waals surface area contributed by atoms with Crippen molar-refractivity contribution in [2.24, 2.45) is 35.3 Å². The molecule has 100 valence electrons. The molecule has 6 atom stereocenters. The molecule has 17 heavy (non-hydrogen) atoms. The Morgan fingerprint density at radius 1 is 0.765 bits per heavy atom. The van der Waals surface area contributed by atoms with Crippen LogP contribution >= 0.6 is 0 Å². The maximum atomic E-state index is 6.11. The summed E-state index contributed by atoms with van der Waals surface area (Å²) >= 11 is 0. The summed E-state index contributed by atoms with van der Waals surface area (Å²) in [6.07, 6.45) is 9.99. The monoisotopic (exact) mass is 237 g/mol. The van der Waals surface area contributed by atoms with Gasteiger partial charge in [-0.15, -0.1) is 0 Å². The molecule has 0 aromatic carbocycles. The predicted octanol–water partition coefficient (Wildman–Crippen LogP) is 4.21. The van der Waals surface area contributed by atoms with E-state index in [-0.39, 0.29) is 0 Å². The summed E-state index contributed by atoms with van der Waals surface area (Å²) < 4.78 is 0. The quantitative estimate of drug-likeness (QED) is 0.765. The van der Waals surface area contributed by atoms with Gasteiger partial charge in [-0.25, -0.2) is 0 Å². The molecular formula is C16H31N. The molecule has 0 aliphatic heterocycles. The Labute approximate surface area is 108 Å². The zero-order valence-electron chi connectivity index (χ0n) is 12.0. The first-order chi connectivity index (χ1) is 8.06. The summed E-state index contributed by atoms with van der Waals surface area (Å²) in [5.41, 5.74) is 6.11. The lowest BCUT2D eigenvalue weighted by atomic mass is 9.69. The molecule has 0 saturated heterocycles. The van der Waals surface area contributed by atoms with Crippen molar-refractivity contribution in [1.29, 1.82) is 0 Å². The zero-order chi connectivity index (χ0) is 12.4. The van der Waals surface area contributed by atoms with Crippen molar-refractivity contribution in [3.8, 4) is 0 Å². The van der Waals surface area contributed by atoms with Crippen LogP contribution in [0.15, 0.2) is 0 Å². The average molecular weight is 237 g/mol. The Bertz CT molecular complexity index is 214.